The van der Waals surface area contributed by atoms with Crippen molar-refractivity contribution in [2.45, 2.75) is 37.7 Å². The summed E-state index contributed by atoms with van der Waals surface area (Å²) >= 11 is 0. The first kappa shape index (κ1) is 23.1. The molecule has 1 aromatic heterocycles. The molecule has 2 aliphatic heterocycles. The molecule has 8 nitrogen and oxygen atoms in total. The average molecular weight is 437 g/mol. The minimum absolute atomic E-state index is 0.0333. The van der Waals surface area contributed by atoms with E-state index in [0.717, 1.165) is 12.0 Å². The van der Waals surface area contributed by atoms with Gasteiger partial charge >= 0.3 is 12.1 Å². The fourth-order valence-electron chi connectivity index (χ4n) is 3.46. The van der Waals surface area contributed by atoms with Crippen LogP contribution in [-0.4, -0.2) is 70.7 Å². The fraction of sp³-hybridized carbons (Fsp3) is 0.588. The number of carbonyl (C=O) groups is 2. The molecule has 0 spiro atoms. The Morgan fingerprint density at radius 1 is 1.21 bits per heavy atom. The number of pyridine rings is 1. The summed E-state index contributed by atoms with van der Waals surface area (Å²) in [6.07, 6.45) is -0.419. The number of sulfonamides is 1. The zero-order chi connectivity index (χ0) is 21.8. The van der Waals surface area contributed by atoms with Crippen molar-refractivity contribution < 1.29 is 36.3 Å². The predicted octanol–water partition coefficient (Wildman–Crippen LogP) is 1.49. The van der Waals surface area contributed by atoms with E-state index < -0.39 is 22.2 Å². The molecule has 1 N–H and O–H groups in total. The second kappa shape index (κ2) is 9.08. The quantitative estimate of drug-likeness (QED) is 0.751. The van der Waals surface area contributed by atoms with Gasteiger partial charge in [0.1, 0.15) is 0 Å². The Hall–Kier alpha value is -2.21. The van der Waals surface area contributed by atoms with Gasteiger partial charge in [0.2, 0.25) is 15.9 Å². The lowest BCUT2D eigenvalue weighted by molar-refractivity contribution is -0.192. The maximum atomic E-state index is 12.8. The molecule has 0 unspecified atom stereocenters. The Bertz CT molecular complexity index is 832. The lowest BCUT2D eigenvalue weighted by Crippen LogP contribution is -2.33. The first-order chi connectivity index (χ1) is 13.4. The van der Waals surface area contributed by atoms with E-state index >= 15 is 0 Å². The molecule has 0 saturated carbocycles. The maximum Gasteiger partial charge on any atom is 0.490 e. The van der Waals surface area contributed by atoms with Gasteiger partial charge in [-0.05, 0) is 36.5 Å². The number of nitrogens with zero attached hydrogens (tertiary/aromatic N) is 3. The number of aliphatic carboxylic acids is 1. The fourth-order valence-corrected chi connectivity index (χ4v) is 5.68. The van der Waals surface area contributed by atoms with E-state index in [1.54, 1.807) is 28.5 Å². The molecule has 2 atom stereocenters. The summed E-state index contributed by atoms with van der Waals surface area (Å²) in [6, 6.07) is 3.70. The smallest absolute Gasteiger partial charge is 0.475 e. The summed E-state index contributed by atoms with van der Waals surface area (Å²) in [5.41, 5.74) is 0.959. The zero-order valence-electron chi connectivity index (χ0n) is 15.7. The van der Waals surface area contributed by atoms with E-state index in [1.807, 2.05) is 12.1 Å². The molecular weight excluding hydrogens is 415 g/mol. The number of carbonyl (C=O) groups excluding carboxylic acids is 1. The summed E-state index contributed by atoms with van der Waals surface area (Å²) in [6.45, 7) is 3.72. The number of carboxylic acid groups (broad SMARTS) is 1. The van der Waals surface area contributed by atoms with Gasteiger partial charge in [0, 0.05) is 45.5 Å². The normalized spacial score (nSPS) is 24.1. The van der Waals surface area contributed by atoms with E-state index in [1.165, 1.54) is 0 Å². The van der Waals surface area contributed by atoms with Gasteiger partial charge in [0.25, 0.3) is 0 Å². The lowest BCUT2D eigenvalue weighted by Gasteiger charge is -2.20. The van der Waals surface area contributed by atoms with Crippen LogP contribution in [-0.2, 0) is 26.2 Å². The molecule has 3 heterocycles. The number of carboxylic acids is 1. The van der Waals surface area contributed by atoms with Crippen LogP contribution in [0, 0.1) is 5.92 Å². The number of likely N-dealkylation sites (tertiary alicyclic amines) is 1. The number of rotatable bonds is 2. The highest BCUT2D eigenvalue weighted by atomic mass is 32.2. The van der Waals surface area contributed by atoms with Crippen LogP contribution in [0.1, 0.15) is 25.3 Å². The van der Waals surface area contributed by atoms with Gasteiger partial charge in [0.05, 0.1) is 5.25 Å². The molecule has 2 aliphatic rings. The van der Waals surface area contributed by atoms with Crippen molar-refractivity contribution in [2.75, 3.05) is 19.6 Å². The third-order valence-electron chi connectivity index (χ3n) is 4.96. The number of halogens is 3. The first-order valence-corrected chi connectivity index (χ1v) is 10.4. The second-order valence-corrected chi connectivity index (χ2v) is 9.03. The van der Waals surface area contributed by atoms with Crippen LogP contribution in [0.25, 0.3) is 0 Å². The van der Waals surface area contributed by atoms with Gasteiger partial charge in [-0.15, -0.1) is 0 Å². The standard InChI is InChI=1S/C15H21N3O3S.C2HF3O2/c1-12(19)17-8-4-14-11-18(10-13-2-6-16-7-3-13)22(20,21)15(14)5-9-17;3-2(4,5)1(6)7/h2-3,6-7,14-15H,4-5,8-11H2,1H3;(H,6,7)/t14-,15-;/m1./s1. The Kier molecular flexibility index (Phi) is 7.22. The molecule has 1 aromatic rings. The van der Waals surface area contributed by atoms with Gasteiger partial charge in [-0.1, -0.05) is 0 Å². The molecule has 2 fully saturated rings. The van der Waals surface area contributed by atoms with Crippen LogP contribution >= 0.6 is 0 Å². The molecule has 0 aromatic carbocycles. The van der Waals surface area contributed by atoms with E-state index in [-0.39, 0.29) is 17.1 Å². The zero-order valence-corrected chi connectivity index (χ0v) is 16.5. The number of hydrogen-bond donors (Lipinski definition) is 1. The van der Waals surface area contributed by atoms with Crippen molar-refractivity contribution in [3.63, 3.8) is 0 Å². The van der Waals surface area contributed by atoms with Crippen molar-refractivity contribution in [3.8, 4) is 0 Å². The summed E-state index contributed by atoms with van der Waals surface area (Å²) < 4.78 is 58.9. The maximum absolute atomic E-state index is 12.8. The molecule has 3 rings (SSSR count). The number of hydrogen-bond acceptors (Lipinski definition) is 5. The number of aromatic nitrogens is 1. The predicted molar refractivity (Wildman–Crippen MR) is 96.0 cm³/mol. The molecule has 162 valence electrons. The van der Waals surface area contributed by atoms with Crippen molar-refractivity contribution in [2.24, 2.45) is 5.92 Å². The van der Waals surface area contributed by atoms with Gasteiger partial charge in [-0.2, -0.15) is 17.5 Å². The summed E-state index contributed by atoms with van der Waals surface area (Å²) in [7, 11) is -3.28. The third-order valence-corrected chi connectivity index (χ3v) is 7.34. The molecule has 0 bridgehead atoms. The molecular formula is C17H22F3N3O5S. The monoisotopic (exact) mass is 437 g/mol. The van der Waals surface area contributed by atoms with Crippen molar-refractivity contribution >= 4 is 21.9 Å². The SMILES string of the molecule is CC(=O)N1CC[C@@H]2CN(Cc3ccncc3)S(=O)(=O)[C@@H]2CC1.O=C(O)C(F)(F)F. The van der Waals surface area contributed by atoms with Crippen LogP contribution in [0.5, 0.6) is 0 Å². The van der Waals surface area contributed by atoms with E-state index in [2.05, 4.69) is 4.98 Å². The van der Waals surface area contributed by atoms with Crippen LogP contribution in [0.15, 0.2) is 24.5 Å². The lowest BCUT2D eigenvalue weighted by atomic mass is 10.0. The van der Waals surface area contributed by atoms with Crippen LogP contribution < -0.4 is 0 Å². The molecule has 29 heavy (non-hydrogen) atoms. The summed E-state index contributed by atoms with van der Waals surface area (Å²) in [5.74, 6) is -2.60. The Morgan fingerprint density at radius 2 is 1.76 bits per heavy atom. The number of fused-ring (bicyclic) bond motifs is 1. The minimum atomic E-state index is -5.08. The largest absolute Gasteiger partial charge is 0.490 e. The topological polar surface area (TPSA) is 108 Å². The first-order valence-electron chi connectivity index (χ1n) is 8.86. The number of amides is 1. The Balaban J connectivity index is 0.000000370. The second-order valence-electron chi connectivity index (χ2n) is 6.88. The molecule has 1 amide bonds. The summed E-state index contributed by atoms with van der Waals surface area (Å²) in [5, 5.41) is 6.78. The van der Waals surface area contributed by atoms with E-state index in [9.17, 15) is 26.4 Å². The Labute approximate surface area is 166 Å². The summed E-state index contributed by atoms with van der Waals surface area (Å²) in [4.78, 5) is 26.1. The van der Waals surface area contributed by atoms with Crippen molar-refractivity contribution in [3.05, 3.63) is 30.1 Å². The number of alkyl halides is 3. The van der Waals surface area contributed by atoms with Gasteiger partial charge in [0.15, 0.2) is 0 Å². The van der Waals surface area contributed by atoms with Crippen LogP contribution in [0.2, 0.25) is 0 Å². The average Bonchev–Trinajstić information content (AvgIpc) is 2.77. The van der Waals surface area contributed by atoms with Crippen molar-refractivity contribution in [1.82, 2.24) is 14.2 Å². The Morgan fingerprint density at radius 3 is 2.28 bits per heavy atom. The van der Waals surface area contributed by atoms with E-state index in [4.69, 9.17) is 9.90 Å². The highest BCUT2D eigenvalue weighted by molar-refractivity contribution is 7.90. The molecule has 12 heteroatoms. The van der Waals surface area contributed by atoms with Crippen LogP contribution in [0.4, 0.5) is 13.2 Å². The highest BCUT2D eigenvalue weighted by Gasteiger charge is 2.46. The van der Waals surface area contributed by atoms with Crippen LogP contribution in [0.3, 0.4) is 0 Å². The van der Waals surface area contributed by atoms with Gasteiger partial charge < -0.3 is 10.0 Å². The van der Waals surface area contributed by atoms with Gasteiger partial charge in [-0.25, -0.2) is 13.2 Å². The molecule has 0 radical (unpaired) electrons. The highest BCUT2D eigenvalue weighted by Crippen LogP contribution is 2.35. The van der Waals surface area contributed by atoms with E-state index in [0.29, 0.717) is 32.6 Å². The molecule has 0 aliphatic carbocycles. The van der Waals surface area contributed by atoms with Gasteiger partial charge in [-0.3, -0.25) is 9.78 Å². The van der Waals surface area contributed by atoms with Crippen molar-refractivity contribution in [1.29, 1.82) is 0 Å². The third kappa shape index (κ3) is 5.89. The molecule has 2 saturated heterocycles. The minimum Gasteiger partial charge on any atom is -0.475 e.